The maximum absolute atomic E-state index is 13.1. The van der Waals surface area contributed by atoms with Crippen molar-refractivity contribution in [1.29, 1.82) is 0 Å². The van der Waals surface area contributed by atoms with Gasteiger partial charge in [0, 0.05) is 44.6 Å². The summed E-state index contributed by atoms with van der Waals surface area (Å²) in [6.45, 7) is 9.21. The lowest BCUT2D eigenvalue weighted by Crippen LogP contribution is -2.54. The Morgan fingerprint density at radius 1 is 1.20 bits per heavy atom. The smallest absolute Gasteiger partial charge is 0.351 e. The lowest BCUT2D eigenvalue weighted by molar-refractivity contribution is -0.354. The molecule has 2 heterocycles. The number of rotatable bonds is 6. The standard InChI is InChI=1S/C18H27N2O4S/c1-3-4-11-19-12-9-18(10-13-19)20(14-15-24-18)25(21,22)17-7-5-16(23-2)6-8-17/h5-8H,2-4,9-15H2,1H3/q+1. The number of piperidine rings is 1. The van der Waals surface area contributed by atoms with E-state index in [2.05, 4.69) is 18.6 Å². The van der Waals surface area contributed by atoms with Crippen molar-refractivity contribution in [3.05, 3.63) is 24.3 Å². The predicted octanol–water partition coefficient (Wildman–Crippen LogP) is 2.38. The summed E-state index contributed by atoms with van der Waals surface area (Å²) in [7, 11) is -3.59. The minimum Gasteiger partial charge on any atom is -0.358 e. The number of sulfonamides is 1. The molecule has 0 atom stereocenters. The Labute approximate surface area is 150 Å². The maximum Gasteiger partial charge on any atom is 0.351 e. The first-order valence-corrected chi connectivity index (χ1v) is 10.4. The van der Waals surface area contributed by atoms with Crippen LogP contribution in [0.25, 0.3) is 0 Å². The SMILES string of the molecule is C=[O+]c1ccc(S(=O)(=O)N2CCOC23CCN(CCCC)CC3)cc1. The summed E-state index contributed by atoms with van der Waals surface area (Å²) in [5.41, 5.74) is -0.691. The molecule has 2 aliphatic rings. The lowest BCUT2D eigenvalue weighted by Gasteiger charge is -2.42. The summed E-state index contributed by atoms with van der Waals surface area (Å²) in [5, 5.41) is 0. The Balaban J connectivity index is 1.77. The van der Waals surface area contributed by atoms with Crippen LogP contribution in [0.2, 0.25) is 0 Å². The second-order valence-corrected chi connectivity index (χ2v) is 8.55. The Morgan fingerprint density at radius 2 is 1.88 bits per heavy atom. The van der Waals surface area contributed by atoms with Gasteiger partial charge in [0.05, 0.1) is 11.5 Å². The summed E-state index contributed by atoms with van der Waals surface area (Å²) in [6, 6.07) is 6.38. The monoisotopic (exact) mass is 367 g/mol. The van der Waals surface area contributed by atoms with Crippen molar-refractivity contribution >= 4 is 16.8 Å². The highest BCUT2D eigenvalue weighted by molar-refractivity contribution is 7.89. The van der Waals surface area contributed by atoms with Crippen LogP contribution in [0.5, 0.6) is 5.75 Å². The first kappa shape index (κ1) is 18.5. The van der Waals surface area contributed by atoms with Crippen LogP contribution in [0.4, 0.5) is 0 Å². The molecule has 138 valence electrons. The van der Waals surface area contributed by atoms with Gasteiger partial charge in [0.25, 0.3) is 6.79 Å². The van der Waals surface area contributed by atoms with Crippen LogP contribution in [-0.2, 0) is 19.2 Å². The van der Waals surface area contributed by atoms with Crippen LogP contribution in [0.3, 0.4) is 0 Å². The molecule has 0 bridgehead atoms. The van der Waals surface area contributed by atoms with E-state index < -0.39 is 15.7 Å². The van der Waals surface area contributed by atoms with Gasteiger partial charge in [0.1, 0.15) is 5.72 Å². The second-order valence-electron chi connectivity index (χ2n) is 6.68. The van der Waals surface area contributed by atoms with E-state index in [0.717, 1.165) is 32.5 Å². The van der Waals surface area contributed by atoms with Gasteiger partial charge in [-0.1, -0.05) is 13.3 Å². The first-order valence-electron chi connectivity index (χ1n) is 8.93. The molecule has 2 aliphatic heterocycles. The summed E-state index contributed by atoms with van der Waals surface area (Å²) >= 11 is 0. The average Bonchev–Trinajstić information content (AvgIpc) is 3.05. The zero-order chi connectivity index (χ0) is 17.9. The van der Waals surface area contributed by atoms with Gasteiger partial charge < -0.3 is 9.64 Å². The Kier molecular flexibility index (Phi) is 5.58. The Morgan fingerprint density at radius 3 is 2.48 bits per heavy atom. The molecule has 0 aliphatic carbocycles. The van der Waals surface area contributed by atoms with E-state index in [1.54, 1.807) is 28.6 Å². The number of likely N-dealkylation sites (tertiary alicyclic amines) is 1. The van der Waals surface area contributed by atoms with Crippen molar-refractivity contribution in [2.75, 3.05) is 32.8 Å². The number of unbranched alkanes of at least 4 members (excludes halogenated alkanes) is 1. The van der Waals surface area contributed by atoms with Crippen LogP contribution >= 0.6 is 0 Å². The number of ether oxygens (including phenoxy) is 1. The molecule has 0 amide bonds. The van der Waals surface area contributed by atoms with E-state index in [4.69, 9.17) is 9.16 Å². The van der Waals surface area contributed by atoms with Crippen LogP contribution in [0.1, 0.15) is 32.6 Å². The van der Waals surface area contributed by atoms with Gasteiger partial charge in [-0.3, -0.25) is 0 Å². The molecule has 3 rings (SSSR count). The molecular formula is C18H27N2O4S+. The van der Waals surface area contributed by atoms with Gasteiger partial charge in [-0.2, -0.15) is 4.31 Å². The quantitative estimate of drug-likeness (QED) is 0.724. The van der Waals surface area contributed by atoms with Crippen molar-refractivity contribution in [1.82, 2.24) is 9.21 Å². The Hall–Kier alpha value is -1.28. The zero-order valence-corrected chi connectivity index (χ0v) is 15.6. The maximum atomic E-state index is 13.1. The first-order chi connectivity index (χ1) is 12.0. The van der Waals surface area contributed by atoms with Crippen LogP contribution in [-0.4, -0.2) is 62.9 Å². The van der Waals surface area contributed by atoms with E-state index >= 15 is 0 Å². The van der Waals surface area contributed by atoms with Gasteiger partial charge in [-0.15, -0.1) is 0 Å². The molecule has 2 fully saturated rings. The molecule has 1 aromatic rings. The largest absolute Gasteiger partial charge is 0.358 e. The van der Waals surface area contributed by atoms with Crippen molar-refractivity contribution in [2.45, 2.75) is 43.2 Å². The number of carbonyl (C=O) groups excluding carboxylic acids is 1. The van der Waals surface area contributed by atoms with E-state index in [0.29, 0.717) is 18.9 Å². The molecule has 7 heteroatoms. The molecule has 0 unspecified atom stereocenters. The fourth-order valence-electron chi connectivity index (χ4n) is 3.67. The third-order valence-corrected chi connectivity index (χ3v) is 7.13. The van der Waals surface area contributed by atoms with E-state index in [9.17, 15) is 8.42 Å². The molecule has 0 aromatic heterocycles. The van der Waals surface area contributed by atoms with Crippen LogP contribution in [0.15, 0.2) is 29.2 Å². The number of hydrogen-bond donors (Lipinski definition) is 0. The molecule has 1 spiro atoms. The third kappa shape index (κ3) is 3.65. The van der Waals surface area contributed by atoms with E-state index in [-0.39, 0.29) is 4.90 Å². The average molecular weight is 367 g/mol. The molecule has 6 nitrogen and oxygen atoms in total. The summed E-state index contributed by atoms with van der Waals surface area (Å²) < 4.78 is 38.7. The second kappa shape index (κ2) is 7.53. The minimum absolute atomic E-state index is 0.270. The lowest BCUT2D eigenvalue weighted by atomic mass is 10.0. The van der Waals surface area contributed by atoms with Crippen molar-refractivity contribution < 1.29 is 17.6 Å². The topological polar surface area (TPSA) is 61.1 Å². The van der Waals surface area contributed by atoms with Gasteiger partial charge in [-0.25, -0.2) is 12.8 Å². The predicted molar refractivity (Wildman–Crippen MR) is 96.2 cm³/mol. The molecule has 0 N–H and O–H groups in total. The number of nitrogens with zero attached hydrogens (tertiary/aromatic N) is 2. The number of hydrogen-bond acceptors (Lipinski definition) is 4. The van der Waals surface area contributed by atoms with Crippen LogP contribution in [0, 0.1) is 0 Å². The summed E-state index contributed by atoms with van der Waals surface area (Å²) in [4.78, 5) is 2.67. The van der Waals surface area contributed by atoms with Crippen molar-refractivity contribution in [3.63, 3.8) is 0 Å². The van der Waals surface area contributed by atoms with Gasteiger partial charge >= 0.3 is 5.75 Å². The molecule has 25 heavy (non-hydrogen) atoms. The highest BCUT2D eigenvalue weighted by atomic mass is 32.2. The fourth-order valence-corrected chi connectivity index (χ4v) is 5.39. The van der Waals surface area contributed by atoms with Gasteiger partial charge in [0.15, 0.2) is 0 Å². The third-order valence-electron chi connectivity index (χ3n) is 5.16. The molecule has 0 radical (unpaired) electrons. The molecule has 2 saturated heterocycles. The number of benzene rings is 1. The summed E-state index contributed by atoms with van der Waals surface area (Å²) in [6.07, 6.45) is 3.79. The van der Waals surface area contributed by atoms with Gasteiger partial charge in [0.2, 0.25) is 10.0 Å². The highest BCUT2D eigenvalue weighted by Gasteiger charge is 2.50. The Bertz CT molecular complexity index is 694. The molecular weight excluding hydrogens is 340 g/mol. The normalized spacial score (nSPS) is 21.6. The van der Waals surface area contributed by atoms with E-state index in [1.807, 2.05) is 0 Å². The zero-order valence-electron chi connectivity index (χ0n) is 14.8. The highest BCUT2D eigenvalue weighted by Crippen LogP contribution is 2.38. The van der Waals surface area contributed by atoms with Crippen molar-refractivity contribution in [3.8, 4) is 5.75 Å². The van der Waals surface area contributed by atoms with Crippen molar-refractivity contribution in [2.24, 2.45) is 0 Å². The van der Waals surface area contributed by atoms with E-state index in [1.165, 1.54) is 12.8 Å². The minimum atomic E-state index is -3.59. The molecule has 0 saturated carbocycles. The fraction of sp³-hybridized carbons (Fsp3) is 0.611. The molecule has 1 aromatic carbocycles. The van der Waals surface area contributed by atoms with Gasteiger partial charge in [-0.05, 0) is 25.1 Å². The van der Waals surface area contributed by atoms with Crippen LogP contribution < -0.4 is 0 Å². The summed E-state index contributed by atoms with van der Waals surface area (Å²) in [5.74, 6) is 0.538.